The van der Waals surface area contributed by atoms with Crippen LogP contribution in [0.2, 0.25) is 0 Å². The number of ether oxygens (including phenoxy) is 2. The summed E-state index contributed by atoms with van der Waals surface area (Å²) in [5, 5.41) is 0. The van der Waals surface area contributed by atoms with Gasteiger partial charge in [-0.2, -0.15) is 4.57 Å². The number of aromatic nitrogens is 1. The lowest BCUT2D eigenvalue weighted by atomic mass is 10.0. The lowest BCUT2D eigenvalue weighted by molar-refractivity contribution is -0.686. The Kier molecular flexibility index (Phi) is 6.09. The molecule has 1 aromatic heterocycles. The van der Waals surface area contributed by atoms with Crippen molar-refractivity contribution in [2.24, 2.45) is 0 Å². The van der Waals surface area contributed by atoms with Crippen molar-refractivity contribution in [3.63, 3.8) is 0 Å². The SMILES string of the molecule is CCOC(=O)C[n+]1cccc(C(=O)N2[C@H](Cc3ccccc3)COC2(C)C)c1. The maximum absolute atomic E-state index is 13.3. The molecule has 0 N–H and O–H groups in total. The average molecular weight is 383 g/mol. The van der Waals surface area contributed by atoms with Gasteiger partial charge in [0.25, 0.3) is 5.91 Å². The molecule has 1 saturated heterocycles. The molecule has 1 amide bonds. The maximum atomic E-state index is 13.3. The van der Waals surface area contributed by atoms with Gasteiger partial charge in [0.05, 0.1) is 19.3 Å². The van der Waals surface area contributed by atoms with Gasteiger partial charge < -0.3 is 14.4 Å². The van der Waals surface area contributed by atoms with Crippen LogP contribution in [0.5, 0.6) is 0 Å². The molecule has 3 rings (SSSR count). The Morgan fingerprint density at radius 1 is 1.21 bits per heavy atom. The Morgan fingerprint density at radius 2 is 1.96 bits per heavy atom. The van der Waals surface area contributed by atoms with Crippen molar-refractivity contribution in [1.82, 2.24) is 4.90 Å². The zero-order chi connectivity index (χ0) is 20.1. The fourth-order valence-corrected chi connectivity index (χ4v) is 3.57. The van der Waals surface area contributed by atoms with Crippen LogP contribution in [0, 0.1) is 0 Å². The maximum Gasteiger partial charge on any atom is 0.372 e. The first-order chi connectivity index (χ1) is 13.4. The molecule has 1 aromatic carbocycles. The molecular weight excluding hydrogens is 356 g/mol. The summed E-state index contributed by atoms with van der Waals surface area (Å²) in [6.45, 7) is 6.48. The zero-order valence-electron chi connectivity index (χ0n) is 16.6. The van der Waals surface area contributed by atoms with E-state index in [1.54, 1.807) is 36.0 Å². The predicted molar refractivity (Wildman–Crippen MR) is 103 cm³/mol. The van der Waals surface area contributed by atoms with E-state index >= 15 is 0 Å². The molecule has 2 aromatic rings. The monoisotopic (exact) mass is 383 g/mol. The number of benzene rings is 1. The highest BCUT2D eigenvalue weighted by Crippen LogP contribution is 2.30. The molecule has 0 radical (unpaired) electrons. The lowest BCUT2D eigenvalue weighted by Crippen LogP contribution is -2.49. The molecule has 0 unspecified atom stereocenters. The number of hydrogen-bond acceptors (Lipinski definition) is 4. The zero-order valence-corrected chi connectivity index (χ0v) is 16.6. The molecule has 0 aliphatic carbocycles. The van der Waals surface area contributed by atoms with Gasteiger partial charge >= 0.3 is 5.97 Å². The quantitative estimate of drug-likeness (QED) is 0.568. The average Bonchev–Trinajstić information content (AvgIpc) is 2.96. The highest BCUT2D eigenvalue weighted by Gasteiger charge is 2.44. The van der Waals surface area contributed by atoms with E-state index in [1.807, 2.05) is 36.9 Å². The number of rotatable bonds is 6. The Bertz CT molecular complexity index is 835. The van der Waals surface area contributed by atoms with Crippen LogP contribution in [0.4, 0.5) is 0 Å². The summed E-state index contributed by atoms with van der Waals surface area (Å²) in [6, 6.07) is 13.6. The van der Waals surface area contributed by atoms with Crippen molar-refractivity contribution >= 4 is 11.9 Å². The summed E-state index contributed by atoms with van der Waals surface area (Å²) >= 11 is 0. The minimum atomic E-state index is -0.696. The lowest BCUT2D eigenvalue weighted by Gasteiger charge is -2.33. The topological polar surface area (TPSA) is 59.7 Å². The van der Waals surface area contributed by atoms with Crippen LogP contribution >= 0.6 is 0 Å². The Balaban J connectivity index is 1.81. The molecule has 0 spiro atoms. The van der Waals surface area contributed by atoms with E-state index in [4.69, 9.17) is 9.47 Å². The Labute approximate surface area is 165 Å². The van der Waals surface area contributed by atoms with Crippen molar-refractivity contribution in [3.8, 4) is 0 Å². The molecule has 1 atom stereocenters. The van der Waals surface area contributed by atoms with Gasteiger partial charge in [-0.1, -0.05) is 30.3 Å². The van der Waals surface area contributed by atoms with Gasteiger partial charge in [-0.15, -0.1) is 0 Å². The molecule has 1 aliphatic rings. The van der Waals surface area contributed by atoms with Gasteiger partial charge in [-0.25, -0.2) is 4.79 Å². The van der Waals surface area contributed by atoms with Gasteiger partial charge in [-0.3, -0.25) is 4.79 Å². The van der Waals surface area contributed by atoms with Gasteiger partial charge in [0.2, 0.25) is 6.54 Å². The predicted octanol–water partition coefficient (Wildman–Crippen LogP) is 2.36. The second kappa shape index (κ2) is 8.52. The summed E-state index contributed by atoms with van der Waals surface area (Å²) in [7, 11) is 0. The molecule has 0 bridgehead atoms. The van der Waals surface area contributed by atoms with Crippen LogP contribution in [0.25, 0.3) is 0 Å². The molecule has 1 aliphatic heterocycles. The van der Waals surface area contributed by atoms with Gasteiger partial charge in [-0.05, 0) is 38.8 Å². The van der Waals surface area contributed by atoms with E-state index in [0.717, 1.165) is 12.0 Å². The number of hydrogen-bond donors (Lipinski definition) is 0. The normalized spacial score (nSPS) is 18.1. The number of pyridine rings is 1. The number of nitrogens with zero attached hydrogens (tertiary/aromatic N) is 2. The smallest absolute Gasteiger partial charge is 0.372 e. The third-order valence-corrected chi connectivity index (χ3v) is 4.83. The second-order valence-corrected chi connectivity index (χ2v) is 7.35. The van der Waals surface area contributed by atoms with Crippen LogP contribution in [0.3, 0.4) is 0 Å². The molecule has 2 heterocycles. The van der Waals surface area contributed by atoms with Crippen molar-refractivity contribution in [1.29, 1.82) is 0 Å². The Morgan fingerprint density at radius 3 is 2.68 bits per heavy atom. The molecular formula is C22H27N2O4+. The first kappa shape index (κ1) is 20.0. The van der Waals surface area contributed by atoms with Crippen molar-refractivity contribution in [3.05, 3.63) is 66.0 Å². The highest BCUT2D eigenvalue weighted by molar-refractivity contribution is 5.94. The molecule has 6 nitrogen and oxygen atoms in total. The first-order valence-corrected chi connectivity index (χ1v) is 9.57. The van der Waals surface area contributed by atoms with E-state index < -0.39 is 5.72 Å². The largest absolute Gasteiger partial charge is 0.461 e. The summed E-state index contributed by atoms with van der Waals surface area (Å²) in [5.74, 6) is -0.439. The van der Waals surface area contributed by atoms with Crippen molar-refractivity contribution in [2.45, 2.75) is 45.5 Å². The minimum Gasteiger partial charge on any atom is -0.461 e. The molecule has 148 valence electrons. The second-order valence-electron chi connectivity index (χ2n) is 7.35. The molecule has 28 heavy (non-hydrogen) atoms. The van der Waals surface area contributed by atoms with E-state index in [0.29, 0.717) is 18.8 Å². The fraction of sp³-hybridized carbons (Fsp3) is 0.409. The van der Waals surface area contributed by atoms with Crippen LogP contribution in [0.15, 0.2) is 54.9 Å². The number of amides is 1. The van der Waals surface area contributed by atoms with Crippen LogP contribution in [-0.2, 0) is 27.2 Å². The van der Waals surface area contributed by atoms with Crippen LogP contribution in [0.1, 0.15) is 36.7 Å². The molecule has 6 heteroatoms. The molecule has 0 saturated carbocycles. The van der Waals surface area contributed by atoms with E-state index in [1.165, 1.54) is 0 Å². The van der Waals surface area contributed by atoms with Crippen molar-refractivity contribution < 1.29 is 23.6 Å². The standard InChI is InChI=1S/C22H27N2O4/c1-4-27-20(25)15-23-12-8-11-18(14-23)21(26)24-19(16-28-22(24,2)3)13-17-9-6-5-7-10-17/h5-12,14,19H,4,13,15-16H2,1-3H3/q+1/t19-/m1/s1. The third kappa shape index (κ3) is 4.57. The van der Waals surface area contributed by atoms with E-state index in [-0.39, 0.29) is 24.5 Å². The fourth-order valence-electron chi connectivity index (χ4n) is 3.57. The number of esters is 1. The van der Waals surface area contributed by atoms with Gasteiger partial charge in [0.15, 0.2) is 12.4 Å². The van der Waals surface area contributed by atoms with E-state index in [9.17, 15) is 9.59 Å². The third-order valence-electron chi connectivity index (χ3n) is 4.83. The Hall–Kier alpha value is -2.73. The van der Waals surface area contributed by atoms with E-state index in [2.05, 4.69) is 12.1 Å². The van der Waals surface area contributed by atoms with Gasteiger partial charge in [0, 0.05) is 6.07 Å². The number of carbonyl (C=O) groups excluding carboxylic acids is 2. The summed E-state index contributed by atoms with van der Waals surface area (Å²) in [6.07, 6.45) is 4.17. The summed E-state index contributed by atoms with van der Waals surface area (Å²) < 4.78 is 12.6. The van der Waals surface area contributed by atoms with Crippen LogP contribution < -0.4 is 4.57 Å². The highest BCUT2D eigenvalue weighted by atomic mass is 16.5. The first-order valence-electron chi connectivity index (χ1n) is 9.57. The van der Waals surface area contributed by atoms with Crippen LogP contribution in [-0.4, -0.2) is 41.8 Å². The van der Waals surface area contributed by atoms with Crippen molar-refractivity contribution in [2.75, 3.05) is 13.2 Å². The van der Waals surface area contributed by atoms with Gasteiger partial charge in [0.1, 0.15) is 11.3 Å². The summed E-state index contributed by atoms with van der Waals surface area (Å²) in [5.41, 5.74) is 0.985. The number of carbonyl (C=O) groups is 2. The minimum absolute atomic E-state index is 0.0522. The molecule has 1 fully saturated rings. The summed E-state index contributed by atoms with van der Waals surface area (Å²) in [4.78, 5) is 26.9.